The summed E-state index contributed by atoms with van der Waals surface area (Å²) in [5.41, 5.74) is 1.99. The van der Waals surface area contributed by atoms with Gasteiger partial charge in [-0.2, -0.15) is 5.10 Å². The van der Waals surface area contributed by atoms with Gasteiger partial charge >= 0.3 is 0 Å². The topological polar surface area (TPSA) is 62.5 Å². The van der Waals surface area contributed by atoms with Gasteiger partial charge in [0.1, 0.15) is 5.52 Å². The maximum absolute atomic E-state index is 8.78. The predicted molar refractivity (Wildman–Crippen MR) is 62.7 cm³/mol. The van der Waals surface area contributed by atoms with E-state index in [1.165, 1.54) is 0 Å². The molecule has 5 heteroatoms. The van der Waals surface area contributed by atoms with Crippen molar-refractivity contribution in [2.75, 3.05) is 18.5 Å². The normalized spacial score (nSPS) is 11.2. The first kappa shape index (κ1) is 10.9. The van der Waals surface area contributed by atoms with Crippen molar-refractivity contribution in [3.05, 3.63) is 24.2 Å². The molecule has 0 amide bonds. The smallest absolute Gasteiger partial charge is 0.152 e. The molecule has 0 aliphatic heterocycles. The third-order valence-electron chi connectivity index (χ3n) is 2.40. The molecule has 2 rings (SSSR count). The second-order valence-corrected chi connectivity index (χ2v) is 3.98. The lowest BCUT2D eigenvalue weighted by molar-refractivity contribution is 0.311. The molecule has 2 heterocycles. The number of hydrogen-bond donors (Lipinski definition) is 2. The van der Waals surface area contributed by atoms with Crippen LogP contribution in [0.4, 0.5) is 5.82 Å². The fourth-order valence-electron chi connectivity index (χ4n) is 1.53. The van der Waals surface area contributed by atoms with Crippen LogP contribution in [0.5, 0.6) is 0 Å². The first-order chi connectivity index (χ1) is 7.72. The van der Waals surface area contributed by atoms with Crippen LogP contribution in [0.3, 0.4) is 0 Å². The molecule has 0 bridgehead atoms. The summed E-state index contributed by atoms with van der Waals surface area (Å²) in [6, 6.07) is 2.03. The number of nitrogens with one attached hydrogen (secondary N) is 1. The molecule has 16 heavy (non-hydrogen) atoms. The number of nitrogens with zero attached hydrogens (tertiary/aromatic N) is 3. The van der Waals surface area contributed by atoms with Crippen LogP contribution in [0.25, 0.3) is 5.52 Å². The molecular weight excluding hydrogens is 204 g/mol. The minimum Gasteiger partial charge on any atom is -0.395 e. The van der Waals surface area contributed by atoms with Gasteiger partial charge in [-0.05, 0) is 12.0 Å². The van der Waals surface area contributed by atoms with E-state index in [1.807, 2.05) is 16.8 Å². The second kappa shape index (κ2) is 4.49. The molecule has 0 spiro atoms. The van der Waals surface area contributed by atoms with Crippen LogP contribution in [0.15, 0.2) is 18.5 Å². The zero-order valence-corrected chi connectivity index (χ0v) is 9.51. The molecule has 86 valence electrons. The Balaban J connectivity index is 2.41. The molecule has 0 aliphatic carbocycles. The van der Waals surface area contributed by atoms with Crippen LogP contribution in [-0.2, 0) is 0 Å². The van der Waals surface area contributed by atoms with Crippen LogP contribution in [0.2, 0.25) is 0 Å². The lowest BCUT2D eigenvalue weighted by Gasteiger charge is -2.03. The average molecular weight is 220 g/mol. The van der Waals surface area contributed by atoms with E-state index in [4.69, 9.17) is 5.11 Å². The average Bonchev–Trinajstić information content (AvgIpc) is 2.70. The molecule has 0 atom stereocenters. The Labute approximate surface area is 94.1 Å². The summed E-state index contributed by atoms with van der Waals surface area (Å²) in [6.45, 7) is 4.80. The third kappa shape index (κ3) is 1.99. The van der Waals surface area contributed by atoms with E-state index in [1.54, 1.807) is 6.20 Å². The fourth-order valence-corrected chi connectivity index (χ4v) is 1.53. The number of rotatable bonds is 4. The number of aliphatic hydroxyl groups excluding tert-OH is 1. The molecule has 0 unspecified atom stereocenters. The van der Waals surface area contributed by atoms with Gasteiger partial charge in [-0.25, -0.2) is 9.50 Å². The van der Waals surface area contributed by atoms with Gasteiger partial charge in [-0.1, -0.05) is 13.8 Å². The van der Waals surface area contributed by atoms with E-state index >= 15 is 0 Å². The maximum atomic E-state index is 8.78. The molecule has 0 aliphatic rings. The summed E-state index contributed by atoms with van der Waals surface area (Å²) >= 11 is 0. The van der Waals surface area contributed by atoms with Gasteiger partial charge < -0.3 is 10.4 Å². The second-order valence-electron chi connectivity index (χ2n) is 3.98. The fraction of sp³-hybridized carbons (Fsp3) is 0.455. The van der Waals surface area contributed by atoms with Crippen molar-refractivity contribution in [2.24, 2.45) is 0 Å². The Bertz CT molecular complexity index is 478. The van der Waals surface area contributed by atoms with Crippen LogP contribution < -0.4 is 5.32 Å². The number of aromatic nitrogens is 3. The first-order valence-corrected chi connectivity index (χ1v) is 5.41. The van der Waals surface area contributed by atoms with Gasteiger partial charge in [0.05, 0.1) is 12.3 Å². The lowest BCUT2D eigenvalue weighted by atomic mass is 10.1. The number of hydrogen-bond acceptors (Lipinski definition) is 4. The van der Waals surface area contributed by atoms with Crippen molar-refractivity contribution in [1.82, 2.24) is 14.6 Å². The standard InChI is InChI=1S/C11H16N4O/c1-8(2)9-7-10-11(13-4-6-16)12-3-5-15(10)14-9/h3,5,7-8,16H,4,6H2,1-2H3,(H,12,13). The highest BCUT2D eigenvalue weighted by atomic mass is 16.3. The van der Waals surface area contributed by atoms with Gasteiger partial charge in [-0.15, -0.1) is 0 Å². The molecule has 0 saturated carbocycles. The number of aliphatic hydroxyl groups is 1. The Morgan fingerprint density at radius 1 is 1.50 bits per heavy atom. The zero-order valence-electron chi connectivity index (χ0n) is 9.51. The van der Waals surface area contributed by atoms with Crippen molar-refractivity contribution in [2.45, 2.75) is 19.8 Å². The van der Waals surface area contributed by atoms with Gasteiger partial charge in [0.25, 0.3) is 0 Å². The SMILES string of the molecule is CC(C)c1cc2c(NCCO)nccn2n1. The van der Waals surface area contributed by atoms with Crippen LogP contribution >= 0.6 is 0 Å². The quantitative estimate of drug-likeness (QED) is 0.814. The Morgan fingerprint density at radius 3 is 3.00 bits per heavy atom. The highest BCUT2D eigenvalue weighted by Gasteiger charge is 2.08. The van der Waals surface area contributed by atoms with Gasteiger partial charge in [0, 0.05) is 18.9 Å². The Morgan fingerprint density at radius 2 is 2.31 bits per heavy atom. The highest BCUT2D eigenvalue weighted by Crippen LogP contribution is 2.19. The summed E-state index contributed by atoms with van der Waals surface area (Å²) in [4.78, 5) is 4.23. The van der Waals surface area contributed by atoms with E-state index < -0.39 is 0 Å². The van der Waals surface area contributed by atoms with Gasteiger partial charge in [0.15, 0.2) is 5.82 Å². The minimum absolute atomic E-state index is 0.0912. The van der Waals surface area contributed by atoms with E-state index in [0.717, 1.165) is 17.0 Å². The molecular formula is C11H16N4O. The highest BCUT2D eigenvalue weighted by molar-refractivity contribution is 5.67. The van der Waals surface area contributed by atoms with E-state index in [9.17, 15) is 0 Å². The monoisotopic (exact) mass is 220 g/mol. The maximum Gasteiger partial charge on any atom is 0.152 e. The Kier molecular flexibility index (Phi) is 3.05. The van der Waals surface area contributed by atoms with Crippen LogP contribution in [-0.4, -0.2) is 32.9 Å². The van der Waals surface area contributed by atoms with Crippen molar-refractivity contribution >= 4 is 11.3 Å². The van der Waals surface area contributed by atoms with Crippen molar-refractivity contribution in [1.29, 1.82) is 0 Å². The van der Waals surface area contributed by atoms with Crippen molar-refractivity contribution in [3.63, 3.8) is 0 Å². The van der Waals surface area contributed by atoms with E-state index in [2.05, 4.69) is 29.2 Å². The molecule has 5 nitrogen and oxygen atoms in total. The molecule has 0 saturated heterocycles. The minimum atomic E-state index is 0.0912. The lowest BCUT2D eigenvalue weighted by Crippen LogP contribution is -2.08. The van der Waals surface area contributed by atoms with E-state index in [-0.39, 0.29) is 6.61 Å². The molecule has 2 N–H and O–H groups in total. The zero-order chi connectivity index (χ0) is 11.5. The van der Waals surface area contributed by atoms with Crippen LogP contribution in [0, 0.1) is 0 Å². The summed E-state index contributed by atoms with van der Waals surface area (Å²) in [6.07, 6.45) is 3.52. The summed E-state index contributed by atoms with van der Waals surface area (Å²) in [7, 11) is 0. The summed E-state index contributed by atoms with van der Waals surface area (Å²) < 4.78 is 1.81. The molecule has 0 fully saturated rings. The van der Waals surface area contributed by atoms with Gasteiger partial charge in [0.2, 0.25) is 0 Å². The molecule has 0 aromatic carbocycles. The molecule has 2 aromatic rings. The van der Waals surface area contributed by atoms with Crippen molar-refractivity contribution in [3.8, 4) is 0 Å². The van der Waals surface area contributed by atoms with Gasteiger partial charge in [-0.3, -0.25) is 0 Å². The third-order valence-corrected chi connectivity index (χ3v) is 2.40. The summed E-state index contributed by atoms with van der Waals surface area (Å²) in [5.74, 6) is 1.15. The van der Waals surface area contributed by atoms with Crippen LogP contribution in [0.1, 0.15) is 25.5 Å². The number of anilines is 1. The summed E-state index contributed by atoms with van der Waals surface area (Å²) in [5, 5.41) is 16.3. The largest absolute Gasteiger partial charge is 0.395 e. The van der Waals surface area contributed by atoms with Crippen molar-refractivity contribution < 1.29 is 5.11 Å². The molecule has 2 aromatic heterocycles. The first-order valence-electron chi connectivity index (χ1n) is 5.41. The predicted octanol–water partition coefficient (Wildman–Crippen LogP) is 1.26. The van der Waals surface area contributed by atoms with E-state index in [0.29, 0.717) is 12.5 Å². The Hall–Kier alpha value is -1.62. The number of fused-ring (bicyclic) bond motifs is 1. The molecule has 0 radical (unpaired) electrons.